The Morgan fingerprint density at radius 2 is 1.73 bits per heavy atom. The van der Waals surface area contributed by atoms with Crippen LogP contribution in [-0.2, 0) is 17.3 Å². The lowest BCUT2D eigenvalue weighted by atomic mass is 9.87. The Morgan fingerprint density at radius 1 is 1.12 bits per heavy atom. The van der Waals surface area contributed by atoms with E-state index in [1.807, 2.05) is 25.5 Å². The van der Waals surface area contributed by atoms with Gasteiger partial charge >= 0.3 is 0 Å². The highest BCUT2D eigenvalue weighted by Crippen LogP contribution is 2.27. The highest BCUT2D eigenvalue weighted by molar-refractivity contribution is 7.99. The molecule has 0 atom stereocenters. The van der Waals surface area contributed by atoms with E-state index < -0.39 is 0 Å². The van der Waals surface area contributed by atoms with Gasteiger partial charge in [-0.3, -0.25) is 4.79 Å². The smallest absolute Gasteiger partial charge is 0.230 e. The molecule has 0 spiro atoms. The van der Waals surface area contributed by atoms with Crippen molar-refractivity contribution in [1.29, 1.82) is 0 Å². The van der Waals surface area contributed by atoms with E-state index >= 15 is 0 Å². The molecule has 0 aliphatic carbocycles. The van der Waals surface area contributed by atoms with Gasteiger partial charge in [0.1, 0.15) is 0 Å². The van der Waals surface area contributed by atoms with Gasteiger partial charge in [0.25, 0.3) is 0 Å². The molecule has 1 amide bonds. The van der Waals surface area contributed by atoms with Crippen molar-refractivity contribution in [2.45, 2.75) is 64.1 Å². The molecule has 0 saturated carbocycles. The first-order valence-electron chi connectivity index (χ1n) is 8.97. The number of carbonyl (C=O) groups excluding carboxylic acids is 1. The molecule has 0 aliphatic heterocycles. The van der Waals surface area contributed by atoms with Gasteiger partial charge in [-0.2, -0.15) is 0 Å². The summed E-state index contributed by atoms with van der Waals surface area (Å²) in [5.74, 6) is 1.15. The molecule has 142 valence electrons. The molecule has 1 heterocycles. The van der Waals surface area contributed by atoms with Gasteiger partial charge in [-0.15, -0.1) is 10.2 Å². The van der Waals surface area contributed by atoms with Crippen LogP contribution >= 0.6 is 11.8 Å². The van der Waals surface area contributed by atoms with Crippen LogP contribution in [0.2, 0.25) is 0 Å². The molecule has 26 heavy (non-hydrogen) atoms. The Bertz CT molecular complexity index is 757. The monoisotopic (exact) mass is 374 g/mol. The molecule has 1 aromatic heterocycles. The largest absolute Gasteiger partial charge is 0.351 e. The van der Waals surface area contributed by atoms with Crippen LogP contribution in [0, 0.1) is 0 Å². The molecule has 5 nitrogen and oxygen atoms in total. The van der Waals surface area contributed by atoms with Crippen molar-refractivity contribution in [2.24, 2.45) is 7.05 Å². The molecule has 0 radical (unpaired) electrons. The van der Waals surface area contributed by atoms with E-state index in [4.69, 9.17) is 0 Å². The molecule has 2 aromatic rings. The number of amides is 1. The Kier molecular flexibility index (Phi) is 6.17. The van der Waals surface area contributed by atoms with Gasteiger partial charge in [0.2, 0.25) is 5.91 Å². The van der Waals surface area contributed by atoms with Crippen LogP contribution in [0.5, 0.6) is 0 Å². The minimum Gasteiger partial charge on any atom is -0.351 e. The quantitative estimate of drug-likeness (QED) is 0.771. The molecule has 6 heteroatoms. The van der Waals surface area contributed by atoms with Crippen molar-refractivity contribution in [3.63, 3.8) is 0 Å². The fourth-order valence-electron chi connectivity index (χ4n) is 2.44. The van der Waals surface area contributed by atoms with E-state index in [1.165, 1.54) is 17.3 Å². The predicted octanol–water partition coefficient (Wildman–Crippen LogP) is 4.18. The van der Waals surface area contributed by atoms with Gasteiger partial charge < -0.3 is 9.88 Å². The lowest BCUT2D eigenvalue weighted by molar-refractivity contribution is -0.120. The molecule has 0 aliphatic rings. The first kappa shape index (κ1) is 20.5. The molecule has 1 aromatic carbocycles. The second-order valence-electron chi connectivity index (χ2n) is 8.27. The van der Waals surface area contributed by atoms with Gasteiger partial charge in [-0.1, -0.05) is 63.7 Å². The van der Waals surface area contributed by atoms with Crippen LogP contribution in [0.4, 0.5) is 0 Å². The molecule has 0 fully saturated rings. The number of nitrogens with one attached hydrogen (secondary N) is 1. The zero-order valence-corrected chi connectivity index (χ0v) is 17.7. The number of rotatable bonds is 6. The zero-order chi connectivity index (χ0) is 19.5. The number of nitrogens with zero attached hydrogens (tertiary/aromatic N) is 3. The maximum atomic E-state index is 12.1. The highest BCUT2D eigenvalue weighted by atomic mass is 32.2. The van der Waals surface area contributed by atoms with Gasteiger partial charge in [0, 0.05) is 18.2 Å². The minimum atomic E-state index is -0.183. The maximum Gasteiger partial charge on any atom is 0.230 e. The summed E-state index contributed by atoms with van der Waals surface area (Å²) in [5.41, 5.74) is 2.25. The zero-order valence-electron chi connectivity index (χ0n) is 16.9. The van der Waals surface area contributed by atoms with Crippen LogP contribution in [-0.4, -0.2) is 32.0 Å². The lowest BCUT2D eigenvalue weighted by Crippen LogP contribution is -2.43. The van der Waals surface area contributed by atoms with Gasteiger partial charge in [-0.25, -0.2) is 0 Å². The standard InChI is InChI=1S/C20H30N4OS/c1-8-20(5,6)21-16(25)13-26-18-23-22-17(24(18)7)14-9-11-15(12-10-14)19(2,3)4/h9-12H,8,13H2,1-7H3,(H,21,25). The third-order valence-corrected chi connectivity index (χ3v) is 5.56. The van der Waals surface area contributed by atoms with Crippen molar-refractivity contribution in [2.75, 3.05) is 5.75 Å². The average Bonchev–Trinajstić information content (AvgIpc) is 2.93. The minimum absolute atomic E-state index is 0.0148. The predicted molar refractivity (Wildman–Crippen MR) is 108 cm³/mol. The second-order valence-corrected chi connectivity index (χ2v) is 9.21. The van der Waals surface area contributed by atoms with Crippen LogP contribution in [0.3, 0.4) is 0 Å². The van der Waals surface area contributed by atoms with E-state index in [0.29, 0.717) is 5.75 Å². The SMILES string of the molecule is CCC(C)(C)NC(=O)CSc1nnc(-c2ccc(C(C)(C)C)cc2)n1C. The normalized spacial score (nSPS) is 12.3. The van der Waals surface area contributed by atoms with Crippen molar-refractivity contribution in [1.82, 2.24) is 20.1 Å². The Balaban J connectivity index is 2.07. The summed E-state index contributed by atoms with van der Waals surface area (Å²) >= 11 is 1.41. The third-order valence-electron chi connectivity index (χ3n) is 4.54. The molecule has 1 N–H and O–H groups in total. The fraction of sp³-hybridized carbons (Fsp3) is 0.550. The number of benzene rings is 1. The third kappa shape index (κ3) is 5.10. The number of hydrogen-bond acceptors (Lipinski definition) is 4. The number of carbonyl (C=O) groups is 1. The Labute approximate surface area is 161 Å². The molecule has 2 rings (SSSR count). The van der Waals surface area contributed by atoms with E-state index in [2.05, 4.69) is 67.5 Å². The molecule has 0 bridgehead atoms. The summed E-state index contributed by atoms with van der Waals surface area (Å²) in [6.45, 7) is 12.7. The molecular weight excluding hydrogens is 344 g/mol. The number of thioether (sulfide) groups is 1. The molecular formula is C20H30N4OS. The van der Waals surface area contributed by atoms with Crippen LogP contribution in [0.1, 0.15) is 53.5 Å². The topological polar surface area (TPSA) is 59.8 Å². The summed E-state index contributed by atoms with van der Waals surface area (Å²) in [5, 5.41) is 12.3. The average molecular weight is 375 g/mol. The van der Waals surface area contributed by atoms with E-state index in [0.717, 1.165) is 23.0 Å². The maximum absolute atomic E-state index is 12.1. The Morgan fingerprint density at radius 3 is 2.27 bits per heavy atom. The van der Waals surface area contributed by atoms with Crippen LogP contribution < -0.4 is 5.32 Å². The molecule has 0 unspecified atom stereocenters. The van der Waals surface area contributed by atoms with E-state index in [1.54, 1.807) is 0 Å². The van der Waals surface area contributed by atoms with E-state index in [-0.39, 0.29) is 16.9 Å². The summed E-state index contributed by atoms with van der Waals surface area (Å²) in [4.78, 5) is 12.1. The van der Waals surface area contributed by atoms with Gasteiger partial charge in [0.15, 0.2) is 11.0 Å². The summed E-state index contributed by atoms with van der Waals surface area (Å²) in [7, 11) is 1.93. The van der Waals surface area contributed by atoms with Crippen molar-refractivity contribution in [3.8, 4) is 11.4 Å². The molecule has 0 saturated heterocycles. The van der Waals surface area contributed by atoms with Crippen molar-refractivity contribution < 1.29 is 4.79 Å². The van der Waals surface area contributed by atoms with Crippen LogP contribution in [0.25, 0.3) is 11.4 Å². The first-order valence-corrected chi connectivity index (χ1v) is 9.96. The Hall–Kier alpha value is -1.82. The lowest BCUT2D eigenvalue weighted by Gasteiger charge is -2.24. The van der Waals surface area contributed by atoms with Crippen molar-refractivity contribution >= 4 is 17.7 Å². The van der Waals surface area contributed by atoms with Gasteiger partial charge in [0.05, 0.1) is 5.75 Å². The van der Waals surface area contributed by atoms with E-state index in [9.17, 15) is 4.79 Å². The second kappa shape index (κ2) is 7.82. The summed E-state index contributed by atoms with van der Waals surface area (Å²) < 4.78 is 1.94. The van der Waals surface area contributed by atoms with Crippen molar-refractivity contribution in [3.05, 3.63) is 29.8 Å². The highest BCUT2D eigenvalue weighted by Gasteiger charge is 2.19. The number of aromatic nitrogens is 3. The summed E-state index contributed by atoms with van der Waals surface area (Å²) in [6, 6.07) is 8.43. The fourth-order valence-corrected chi connectivity index (χ4v) is 3.15. The summed E-state index contributed by atoms with van der Waals surface area (Å²) in [6.07, 6.45) is 0.891. The first-order chi connectivity index (χ1) is 12.0. The van der Waals surface area contributed by atoms with Crippen LogP contribution in [0.15, 0.2) is 29.4 Å². The van der Waals surface area contributed by atoms with Gasteiger partial charge in [-0.05, 0) is 31.2 Å². The number of hydrogen-bond donors (Lipinski definition) is 1.